The monoisotopic (exact) mass is 538 g/mol. The number of nitrogens with zero attached hydrogens (tertiary/aromatic N) is 1. The van der Waals surface area contributed by atoms with Crippen LogP contribution in [0.2, 0.25) is 5.02 Å². The van der Waals surface area contributed by atoms with Gasteiger partial charge in [0.1, 0.15) is 11.9 Å². The number of primary sulfonamides is 1. The van der Waals surface area contributed by atoms with E-state index in [1.54, 1.807) is 31.3 Å². The lowest BCUT2D eigenvalue weighted by Gasteiger charge is -2.18. The smallest absolute Gasteiger partial charge is 0.238 e. The van der Waals surface area contributed by atoms with Crippen LogP contribution in [0.5, 0.6) is 5.75 Å². The number of hydrogen-bond acceptors (Lipinski definition) is 4. The molecule has 0 aromatic heterocycles. The number of rotatable bonds is 7. The second-order valence-electron chi connectivity index (χ2n) is 5.88. The van der Waals surface area contributed by atoms with E-state index in [0.29, 0.717) is 24.1 Å². The van der Waals surface area contributed by atoms with Crippen LogP contribution in [0, 0.1) is 0 Å². The fourth-order valence-electron chi connectivity index (χ4n) is 2.23. The molecular formula is C18H24ClIN4O3S. The average molecular weight is 539 g/mol. The average Bonchev–Trinajstić information content (AvgIpc) is 2.63. The minimum absolute atomic E-state index is 0. The number of sulfonamides is 1. The lowest BCUT2D eigenvalue weighted by Crippen LogP contribution is -2.41. The molecule has 0 aliphatic heterocycles. The van der Waals surface area contributed by atoms with Gasteiger partial charge < -0.3 is 15.4 Å². The second-order valence-corrected chi connectivity index (χ2v) is 7.88. The molecule has 0 bridgehead atoms. The van der Waals surface area contributed by atoms with Crippen molar-refractivity contribution in [3.63, 3.8) is 0 Å². The lowest BCUT2D eigenvalue weighted by atomic mass is 10.2. The van der Waals surface area contributed by atoms with E-state index in [1.807, 2.05) is 19.1 Å². The number of halogens is 2. The Labute approximate surface area is 187 Å². The summed E-state index contributed by atoms with van der Waals surface area (Å²) in [5.74, 6) is 1.35. The quantitative estimate of drug-likeness (QED) is 0.286. The molecule has 2 aromatic carbocycles. The zero-order valence-corrected chi connectivity index (χ0v) is 19.5. The molecule has 7 nitrogen and oxygen atoms in total. The summed E-state index contributed by atoms with van der Waals surface area (Å²) in [6.07, 6.45) is -0.0845. The maximum Gasteiger partial charge on any atom is 0.238 e. The molecule has 0 heterocycles. The van der Waals surface area contributed by atoms with Gasteiger partial charge in [0.2, 0.25) is 10.0 Å². The molecular weight excluding hydrogens is 515 g/mol. The number of ether oxygens (including phenoxy) is 1. The Morgan fingerprint density at radius 1 is 1.14 bits per heavy atom. The first-order valence-corrected chi connectivity index (χ1v) is 10.2. The zero-order valence-electron chi connectivity index (χ0n) is 15.6. The van der Waals surface area contributed by atoms with E-state index in [1.165, 1.54) is 12.1 Å². The summed E-state index contributed by atoms with van der Waals surface area (Å²) in [5, 5.41) is 12.1. The van der Waals surface area contributed by atoms with Crippen molar-refractivity contribution < 1.29 is 13.2 Å². The predicted molar refractivity (Wildman–Crippen MR) is 123 cm³/mol. The number of nitrogens with two attached hydrogens (primary N) is 1. The molecule has 4 N–H and O–H groups in total. The molecule has 0 aliphatic rings. The van der Waals surface area contributed by atoms with Gasteiger partial charge in [-0.1, -0.05) is 23.7 Å². The van der Waals surface area contributed by atoms with E-state index >= 15 is 0 Å². The van der Waals surface area contributed by atoms with Gasteiger partial charge in [0.25, 0.3) is 0 Å². The third-order valence-electron chi connectivity index (χ3n) is 3.64. The van der Waals surface area contributed by atoms with Crippen LogP contribution in [0.4, 0.5) is 0 Å². The van der Waals surface area contributed by atoms with Crippen LogP contribution >= 0.6 is 35.6 Å². The molecule has 2 aromatic rings. The first-order valence-electron chi connectivity index (χ1n) is 8.26. The van der Waals surface area contributed by atoms with Crippen LogP contribution in [0.15, 0.2) is 58.4 Å². The Morgan fingerprint density at radius 3 is 2.29 bits per heavy atom. The van der Waals surface area contributed by atoms with Gasteiger partial charge in [0, 0.05) is 18.6 Å². The molecule has 2 rings (SSSR count). The molecule has 0 amide bonds. The van der Waals surface area contributed by atoms with Crippen molar-refractivity contribution >= 4 is 51.6 Å². The number of aliphatic imine (C=N–C) groups is 1. The summed E-state index contributed by atoms with van der Waals surface area (Å²) >= 11 is 5.86. The van der Waals surface area contributed by atoms with Crippen LogP contribution in [0.3, 0.4) is 0 Å². The molecule has 1 atom stereocenters. The second kappa shape index (κ2) is 11.4. The first kappa shape index (κ1) is 24.5. The number of benzene rings is 2. The maximum atomic E-state index is 11.3. The standard InChI is InChI=1S/C18H23ClN4O3S.HI/c1-13(26-16-7-5-15(19)6-8-16)11-22-18(21-2)23-12-14-3-9-17(10-4-14)27(20,24)25;/h3-10,13H,11-12H2,1-2H3,(H2,20,24,25)(H2,21,22,23);1H. The van der Waals surface area contributed by atoms with E-state index in [4.69, 9.17) is 21.5 Å². The Morgan fingerprint density at radius 2 is 1.75 bits per heavy atom. The summed E-state index contributed by atoms with van der Waals surface area (Å²) in [6, 6.07) is 13.5. The van der Waals surface area contributed by atoms with Gasteiger partial charge in [-0.05, 0) is 48.9 Å². The van der Waals surface area contributed by atoms with Crippen molar-refractivity contribution in [1.29, 1.82) is 0 Å². The van der Waals surface area contributed by atoms with Crippen LogP contribution < -0.4 is 20.5 Å². The van der Waals surface area contributed by atoms with Gasteiger partial charge in [-0.15, -0.1) is 24.0 Å². The highest BCUT2D eigenvalue weighted by molar-refractivity contribution is 14.0. The van der Waals surface area contributed by atoms with Gasteiger partial charge >= 0.3 is 0 Å². The van der Waals surface area contributed by atoms with Crippen molar-refractivity contribution in [1.82, 2.24) is 10.6 Å². The highest BCUT2D eigenvalue weighted by Gasteiger charge is 2.08. The summed E-state index contributed by atoms with van der Waals surface area (Å²) in [5.41, 5.74) is 0.899. The highest BCUT2D eigenvalue weighted by Crippen LogP contribution is 2.16. The molecule has 0 spiro atoms. The molecule has 10 heteroatoms. The van der Waals surface area contributed by atoms with Crippen LogP contribution in [-0.4, -0.2) is 34.1 Å². The van der Waals surface area contributed by atoms with Crippen LogP contribution in [-0.2, 0) is 16.6 Å². The molecule has 154 valence electrons. The SMILES string of the molecule is CN=C(NCc1ccc(S(N)(=O)=O)cc1)NCC(C)Oc1ccc(Cl)cc1.I. The highest BCUT2D eigenvalue weighted by atomic mass is 127. The summed E-state index contributed by atoms with van der Waals surface area (Å²) < 4.78 is 28.3. The van der Waals surface area contributed by atoms with Gasteiger partial charge in [0.15, 0.2) is 5.96 Å². The summed E-state index contributed by atoms with van der Waals surface area (Å²) in [4.78, 5) is 4.24. The van der Waals surface area contributed by atoms with E-state index in [-0.39, 0.29) is 35.0 Å². The Hall–Kier alpha value is -1.56. The van der Waals surface area contributed by atoms with Gasteiger partial charge in [-0.3, -0.25) is 4.99 Å². The Balaban J connectivity index is 0.00000392. The van der Waals surface area contributed by atoms with Crippen molar-refractivity contribution in [2.24, 2.45) is 10.1 Å². The fraction of sp³-hybridized carbons (Fsp3) is 0.278. The molecule has 0 fully saturated rings. The number of nitrogens with one attached hydrogen (secondary N) is 2. The first-order chi connectivity index (χ1) is 12.8. The summed E-state index contributed by atoms with van der Waals surface area (Å²) in [6.45, 7) is 2.98. The number of guanidine groups is 1. The van der Waals surface area contributed by atoms with E-state index in [9.17, 15) is 8.42 Å². The van der Waals surface area contributed by atoms with Crippen molar-refractivity contribution in [2.75, 3.05) is 13.6 Å². The Kier molecular flexibility index (Phi) is 10.0. The maximum absolute atomic E-state index is 11.3. The molecule has 0 radical (unpaired) electrons. The zero-order chi connectivity index (χ0) is 19.9. The Bertz CT molecular complexity index is 875. The third kappa shape index (κ3) is 8.21. The van der Waals surface area contributed by atoms with Crippen molar-refractivity contribution in [3.8, 4) is 5.75 Å². The number of hydrogen-bond donors (Lipinski definition) is 3. The van der Waals surface area contributed by atoms with Crippen LogP contribution in [0.25, 0.3) is 0 Å². The largest absolute Gasteiger partial charge is 0.489 e. The topological polar surface area (TPSA) is 106 Å². The van der Waals surface area contributed by atoms with Crippen molar-refractivity contribution in [3.05, 3.63) is 59.1 Å². The fourth-order valence-corrected chi connectivity index (χ4v) is 2.87. The minimum atomic E-state index is -3.68. The molecule has 0 saturated carbocycles. The predicted octanol–water partition coefficient (Wildman–Crippen LogP) is 2.74. The van der Waals surface area contributed by atoms with E-state index in [2.05, 4.69) is 15.6 Å². The normalized spacial score (nSPS) is 12.6. The molecule has 0 aliphatic carbocycles. The van der Waals surface area contributed by atoms with Gasteiger partial charge in [-0.25, -0.2) is 13.6 Å². The van der Waals surface area contributed by atoms with Crippen molar-refractivity contribution in [2.45, 2.75) is 24.5 Å². The summed E-state index contributed by atoms with van der Waals surface area (Å²) in [7, 11) is -2.01. The molecule has 1 unspecified atom stereocenters. The van der Waals surface area contributed by atoms with E-state index < -0.39 is 10.0 Å². The van der Waals surface area contributed by atoms with Crippen LogP contribution in [0.1, 0.15) is 12.5 Å². The molecule has 0 saturated heterocycles. The van der Waals surface area contributed by atoms with E-state index in [0.717, 1.165) is 11.3 Å². The lowest BCUT2D eigenvalue weighted by molar-refractivity contribution is 0.224. The third-order valence-corrected chi connectivity index (χ3v) is 4.82. The minimum Gasteiger partial charge on any atom is -0.489 e. The van der Waals surface area contributed by atoms with Gasteiger partial charge in [-0.2, -0.15) is 0 Å². The van der Waals surface area contributed by atoms with Gasteiger partial charge in [0.05, 0.1) is 11.4 Å². The molecule has 28 heavy (non-hydrogen) atoms.